The van der Waals surface area contributed by atoms with Gasteiger partial charge in [0.15, 0.2) is 11.6 Å². The van der Waals surface area contributed by atoms with Crippen LogP contribution in [0.25, 0.3) is 0 Å². The lowest BCUT2D eigenvalue weighted by molar-refractivity contribution is -0.111. The highest BCUT2D eigenvalue weighted by Crippen LogP contribution is 2.17. The molecular weight excluding hydrogens is 452 g/mol. The number of allylic oxidation sites excluding steroid dienone is 26. The second-order valence-corrected chi connectivity index (χ2v) is 7.97. The van der Waals surface area contributed by atoms with Gasteiger partial charge in [-0.05, 0) is 78.7 Å². The number of carbonyl (C=O) groups is 2. The first-order valence-electron chi connectivity index (χ1n) is 11.9. The minimum absolute atomic E-state index is 0.107. The highest BCUT2D eigenvalue weighted by molar-refractivity contribution is 6.00. The second kappa shape index (κ2) is 17.5. The van der Waals surface area contributed by atoms with Crippen molar-refractivity contribution in [2.75, 3.05) is 0 Å². The minimum atomic E-state index is -0.107. The van der Waals surface area contributed by atoms with Crippen LogP contribution >= 0.6 is 0 Å². The van der Waals surface area contributed by atoms with Crippen molar-refractivity contribution in [1.82, 2.24) is 0 Å². The van der Waals surface area contributed by atoms with Gasteiger partial charge in [0.1, 0.15) is 0 Å². The molecule has 0 aliphatic heterocycles. The SMILES string of the molecule is C/C1=C\C=C/C(=O)/C=C/C=C/C=C/C2=CC=CC=C(/C=C/C=C\C=C\C(=O)/C=C/C=C(\C)C#CC#C1)C2. The summed E-state index contributed by atoms with van der Waals surface area (Å²) in [5, 5.41) is 0. The van der Waals surface area contributed by atoms with Crippen molar-refractivity contribution in [1.29, 1.82) is 0 Å². The molecule has 0 aromatic carbocycles. The zero-order valence-corrected chi connectivity index (χ0v) is 21.2. The fraction of sp³-hybridized carbons (Fsp3) is 0.0857. The Hall–Kier alpha value is -4.92. The number of fused-ring (bicyclic) bond motifs is 2. The molecule has 2 nitrogen and oxygen atoms in total. The third-order valence-electron chi connectivity index (χ3n) is 4.74. The summed E-state index contributed by atoms with van der Waals surface area (Å²) < 4.78 is 0. The van der Waals surface area contributed by atoms with Crippen LogP contribution in [0, 0.1) is 23.7 Å². The normalized spacial score (nSPS) is 26.9. The number of rotatable bonds is 0. The Morgan fingerprint density at radius 3 is 1.27 bits per heavy atom. The molecule has 0 saturated carbocycles. The van der Waals surface area contributed by atoms with Gasteiger partial charge in [0.25, 0.3) is 0 Å². The molecule has 0 aromatic rings. The molecule has 0 spiro atoms. The lowest BCUT2D eigenvalue weighted by Gasteiger charge is -2.00. The molecule has 2 bridgehead atoms. The van der Waals surface area contributed by atoms with Crippen molar-refractivity contribution in [2.45, 2.75) is 20.3 Å². The number of ketones is 2. The Balaban J connectivity index is 2.21. The predicted molar refractivity (Wildman–Crippen MR) is 156 cm³/mol. The van der Waals surface area contributed by atoms with Crippen LogP contribution in [0.3, 0.4) is 0 Å². The Morgan fingerprint density at radius 2 is 0.838 bits per heavy atom. The molecule has 0 radical (unpaired) electrons. The molecule has 0 fully saturated rings. The lowest BCUT2D eigenvalue weighted by atomic mass is 10.0. The number of hydrogen-bond donors (Lipinski definition) is 0. The fourth-order valence-electron chi connectivity index (χ4n) is 2.89. The molecule has 2 heteroatoms. The molecule has 0 heterocycles. The van der Waals surface area contributed by atoms with Gasteiger partial charge in [0.05, 0.1) is 0 Å². The lowest BCUT2D eigenvalue weighted by Crippen LogP contribution is -1.83. The van der Waals surface area contributed by atoms with Gasteiger partial charge in [-0.25, -0.2) is 0 Å². The van der Waals surface area contributed by atoms with Crippen LogP contribution in [0.5, 0.6) is 0 Å². The molecule has 2 rings (SSSR count). The fourth-order valence-corrected chi connectivity index (χ4v) is 2.89. The molecule has 0 N–H and O–H groups in total. The third kappa shape index (κ3) is 14.2. The van der Waals surface area contributed by atoms with Crippen LogP contribution in [0.1, 0.15) is 20.3 Å². The highest BCUT2D eigenvalue weighted by atomic mass is 16.1. The van der Waals surface area contributed by atoms with E-state index < -0.39 is 0 Å². The molecule has 37 heavy (non-hydrogen) atoms. The highest BCUT2D eigenvalue weighted by Gasteiger charge is 1.98. The number of hydrogen-bond acceptors (Lipinski definition) is 2. The quantitative estimate of drug-likeness (QED) is 0.340. The van der Waals surface area contributed by atoms with Gasteiger partial charge < -0.3 is 0 Å². The summed E-state index contributed by atoms with van der Waals surface area (Å²) in [6.45, 7) is 3.70. The van der Waals surface area contributed by atoms with Crippen LogP contribution in [0.2, 0.25) is 0 Å². The molecule has 2 aliphatic rings. The maximum absolute atomic E-state index is 12.0. The average molecular weight is 483 g/mol. The van der Waals surface area contributed by atoms with E-state index in [4.69, 9.17) is 0 Å². The molecule has 2 aliphatic carbocycles. The van der Waals surface area contributed by atoms with Crippen LogP contribution in [-0.4, -0.2) is 11.6 Å². The third-order valence-corrected chi connectivity index (χ3v) is 4.74. The molecule has 0 aromatic heterocycles. The van der Waals surface area contributed by atoms with Crippen molar-refractivity contribution in [2.24, 2.45) is 0 Å². The molecule has 0 saturated heterocycles. The van der Waals surface area contributed by atoms with Crippen molar-refractivity contribution in [3.63, 3.8) is 0 Å². The summed E-state index contributed by atoms with van der Waals surface area (Å²) in [4.78, 5) is 23.9. The average Bonchev–Trinajstić information content (AvgIpc) is 3.10. The van der Waals surface area contributed by atoms with E-state index in [-0.39, 0.29) is 11.6 Å². The van der Waals surface area contributed by atoms with Crippen molar-refractivity contribution in [3.05, 3.63) is 156 Å². The summed E-state index contributed by atoms with van der Waals surface area (Å²) in [6, 6.07) is 0. The zero-order chi connectivity index (χ0) is 26.6. The maximum Gasteiger partial charge on any atom is 0.178 e. The number of carbonyl (C=O) groups excluding carboxylic acids is 2. The van der Waals surface area contributed by atoms with Gasteiger partial charge in [-0.2, -0.15) is 0 Å². The summed E-state index contributed by atoms with van der Waals surface area (Å²) in [6.07, 6.45) is 40.7. The van der Waals surface area contributed by atoms with Gasteiger partial charge >= 0.3 is 0 Å². The first-order chi connectivity index (χ1) is 18.0. The van der Waals surface area contributed by atoms with Crippen LogP contribution in [0.4, 0.5) is 0 Å². The Labute approximate surface area is 220 Å². The van der Waals surface area contributed by atoms with Crippen LogP contribution in [0.15, 0.2) is 156 Å². The van der Waals surface area contributed by atoms with Gasteiger partial charge in [-0.3, -0.25) is 9.59 Å². The Kier molecular flexibility index (Phi) is 13.4. The standard InChI is InChI=1S/C35H30O2/c1-30-17-11-12-18-31(2)20-16-28-35(37)26-10-6-4-8-22-33-24-14-13-23-32(29-33)21-7-3-5-9-25-34(36)27-15-19-30/h3-10,13-16,19-28H,29H2,1-2H3/b5-3-,6-4+,21-7+,22-8+,25-9+,26-10+,27-15+,28-16-,30-19+,31-20+. The van der Waals surface area contributed by atoms with Gasteiger partial charge in [0.2, 0.25) is 0 Å². The summed E-state index contributed by atoms with van der Waals surface area (Å²) in [5.74, 6) is 11.2. The molecule has 182 valence electrons. The van der Waals surface area contributed by atoms with E-state index in [0.29, 0.717) is 0 Å². The zero-order valence-electron chi connectivity index (χ0n) is 21.2. The van der Waals surface area contributed by atoms with E-state index in [2.05, 4.69) is 35.8 Å². The van der Waals surface area contributed by atoms with Crippen molar-refractivity contribution in [3.8, 4) is 23.7 Å². The largest absolute Gasteiger partial charge is 0.290 e. The minimum Gasteiger partial charge on any atom is -0.290 e. The molecular formula is C35H30O2. The van der Waals surface area contributed by atoms with E-state index in [0.717, 1.165) is 17.6 Å². The molecule has 0 amide bonds. The smallest absolute Gasteiger partial charge is 0.178 e. The molecule has 0 unspecified atom stereocenters. The monoisotopic (exact) mass is 482 g/mol. The van der Waals surface area contributed by atoms with Crippen LogP contribution in [-0.2, 0) is 9.59 Å². The Morgan fingerprint density at radius 1 is 0.459 bits per heavy atom. The van der Waals surface area contributed by atoms with Gasteiger partial charge in [-0.1, -0.05) is 121 Å². The van der Waals surface area contributed by atoms with Crippen LogP contribution < -0.4 is 0 Å². The Bertz CT molecular complexity index is 1270. The van der Waals surface area contributed by atoms with E-state index in [1.807, 2.05) is 74.6 Å². The van der Waals surface area contributed by atoms with E-state index >= 15 is 0 Å². The predicted octanol–water partition coefficient (Wildman–Crippen LogP) is 7.30. The molecule has 0 atom stereocenters. The first-order valence-corrected chi connectivity index (χ1v) is 11.9. The summed E-state index contributed by atoms with van der Waals surface area (Å²) in [5.41, 5.74) is 3.92. The maximum atomic E-state index is 12.0. The van der Waals surface area contributed by atoms with Crippen molar-refractivity contribution >= 4 is 11.6 Å². The van der Waals surface area contributed by atoms with Crippen molar-refractivity contribution < 1.29 is 9.59 Å². The second-order valence-electron chi connectivity index (χ2n) is 7.97. The van der Waals surface area contributed by atoms with E-state index in [1.54, 1.807) is 36.5 Å². The van der Waals surface area contributed by atoms with E-state index in [9.17, 15) is 9.59 Å². The summed E-state index contributed by atoms with van der Waals surface area (Å²) in [7, 11) is 0. The topological polar surface area (TPSA) is 34.1 Å². The first kappa shape index (κ1) is 28.3. The van der Waals surface area contributed by atoms with Gasteiger partial charge in [-0.15, -0.1) is 0 Å². The summed E-state index contributed by atoms with van der Waals surface area (Å²) >= 11 is 0. The van der Waals surface area contributed by atoms with Gasteiger partial charge in [0, 0.05) is 0 Å². The van der Waals surface area contributed by atoms with E-state index in [1.165, 1.54) is 35.5 Å².